The van der Waals surface area contributed by atoms with Crippen LogP contribution in [-0.4, -0.2) is 44.2 Å². The van der Waals surface area contributed by atoms with Gasteiger partial charge in [0.05, 0.1) is 30.9 Å². The molecule has 0 aliphatic rings. The summed E-state index contributed by atoms with van der Waals surface area (Å²) in [7, 11) is 2.94. The maximum absolute atomic E-state index is 13.1. The number of esters is 1. The average molecular weight is 459 g/mol. The van der Waals surface area contributed by atoms with Crippen molar-refractivity contribution in [3.63, 3.8) is 0 Å². The van der Waals surface area contributed by atoms with Crippen LogP contribution in [0.1, 0.15) is 48.5 Å². The van der Waals surface area contributed by atoms with Crippen molar-refractivity contribution in [1.82, 2.24) is 0 Å². The molecule has 0 fully saturated rings. The van der Waals surface area contributed by atoms with E-state index in [2.05, 4.69) is 0 Å². The highest BCUT2D eigenvalue weighted by molar-refractivity contribution is 6.07. The second-order valence-corrected chi connectivity index (χ2v) is 7.44. The Morgan fingerprint density at radius 3 is 2.48 bits per heavy atom. The van der Waals surface area contributed by atoms with Gasteiger partial charge >= 0.3 is 11.7 Å². The molecule has 0 aromatic heterocycles. The van der Waals surface area contributed by atoms with Crippen molar-refractivity contribution in [1.29, 1.82) is 0 Å². The van der Waals surface area contributed by atoms with Crippen LogP contribution in [0.5, 0.6) is 11.5 Å². The summed E-state index contributed by atoms with van der Waals surface area (Å²) in [6, 6.07) is 9.54. The number of rotatable bonds is 12. The zero-order valence-corrected chi connectivity index (χ0v) is 19.5. The first kappa shape index (κ1) is 25.6. The molecule has 0 heterocycles. The minimum atomic E-state index is -0.560. The number of nitro benzene ring substituents is 1. The molecular weight excluding hydrogens is 428 g/mol. The molecule has 0 atom stereocenters. The molecule has 0 radical (unpaired) electrons. The molecule has 2 rings (SSSR count). The number of amides is 1. The molecule has 0 aliphatic heterocycles. The fourth-order valence-corrected chi connectivity index (χ4v) is 3.24. The van der Waals surface area contributed by atoms with Crippen molar-refractivity contribution in [2.75, 3.05) is 32.3 Å². The molecule has 0 saturated carbocycles. The van der Waals surface area contributed by atoms with Gasteiger partial charge in [-0.25, -0.2) is 0 Å². The first-order chi connectivity index (χ1) is 15.8. The first-order valence-corrected chi connectivity index (χ1v) is 10.8. The van der Waals surface area contributed by atoms with Crippen LogP contribution in [0.2, 0.25) is 0 Å². The average Bonchev–Trinajstić information content (AvgIpc) is 2.80. The van der Waals surface area contributed by atoms with E-state index >= 15 is 0 Å². The van der Waals surface area contributed by atoms with E-state index in [1.165, 1.54) is 30.2 Å². The number of aryl methyl sites for hydroxylation is 1. The number of methoxy groups -OCH3 is 1. The van der Waals surface area contributed by atoms with Crippen molar-refractivity contribution in [2.24, 2.45) is 0 Å². The lowest BCUT2D eigenvalue weighted by Gasteiger charge is -2.21. The summed E-state index contributed by atoms with van der Waals surface area (Å²) < 4.78 is 15.9. The van der Waals surface area contributed by atoms with Crippen LogP contribution >= 0.6 is 0 Å². The van der Waals surface area contributed by atoms with Crippen molar-refractivity contribution < 1.29 is 28.7 Å². The van der Waals surface area contributed by atoms with Crippen LogP contribution in [0.3, 0.4) is 0 Å². The van der Waals surface area contributed by atoms with E-state index in [9.17, 15) is 19.7 Å². The largest absolute Gasteiger partial charge is 0.491 e. The highest BCUT2D eigenvalue weighted by Crippen LogP contribution is 2.32. The number of hydrogen-bond donors (Lipinski definition) is 0. The van der Waals surface area contributed by atoms with Gasteiger partial charge in [-0.2, -0.15) is 0 Å². The zero-order chi connectivity index (χ0) is 24.4. The number of anilines is 1. The fraction of sp³-hybridized carbons (Fsp3) is 0.417. The van der Waals surface area contributed by atoms with Gasteiger partial charge in [-0.15, -0.1) is 0 Å². The topological polar surface area (TPSA) is 108 Å². The predicted octanol–water partition coefficient (Wildman–Crippen LogP) is 4.69. The number of benzene rings is 2. The van der Waals surface area contributed by atoms with Gasteiger partial charge in [0.25, 0.3) is 5.91 Å². The van der Waals surface area contributed by atoms with Gasteiger partial charge in [-0.1, -0.05) is 6.07 Å². The number of carbonyl (C=O) groups excluding carboxylic acids is 2. The van der Waals surface area contributed by atoms with Gasteiger partial charge in [0.2, 0.25) is 0 Å². The van der Waals surface area contributed by atoms with Gasteiger partial charge < -0.3 is 19.1 Å². The second-order valence-electron chi connectivity index (χ2n) is 7.44. The maximum atomic E-state index is 13.1. The molecule has 1 amide bonds. The van der Waals surface area contributed by atoms with E-state index in [4.69, 9.17) is 14.2 Å². The molecule has 0 unspecified atom stereocenters. The lowest BCUT2D eigenvalue weighted by atomic mass is 10.1. The Bertz CT molecular complexity index is 991. The van der Waals surface area contributed by atoms with Gasteiger partial charge in [0.1, 0.15) is 5.75 Å². The second kappa shape index (κ2) is 12.4. The summed E-state index contributed by atoms with van der Waals surface area (Å²) in [4.78, 5) is 36.5. The molecule has 0 bridgehead atoms. The van der Waals surface area contributed by atoms with Crippen molar-refractivity contribution in [3.8, 4) is 11.5 Å². The molecule has 9 heteroatoms. The smallest absolute Gasteiger partial charge is 0.310 e. The molecule has 2 aromatic rings. The quantitative estimate of drug-likeness (QED) is 0.196. The number of nitro groups is 1. The number of hydrogen-bond acceptors (Lipinski definition) is 7. The van der Waals surface area contributed by atoms with E-state index < -0.39 is 4.92 Å². The Hall–Kier alpha value is -3.62. The van der Waals surface area contributed by atoms with Crippen molar-refractivity contribution in [2.45, 2.75) is 39.5 Å². The van der Waals surface area contributed by atoms with Crippen LogP contribution < -0.4 is 14.4 Å². The van der Waals surface area contributed by atoms with Crippen molar-refractivity contribution >= 4 is 23.3 Å². The van der Waals surface area contributed by atoms with E-state index in [-0.39, 0.29) is 28.9 Å². The third-order valence-corrected chi connectivity index (χ3v) is 4.99. The molecular formula is C24H30N2O7. The molecule has 2 aromatic carbocycles. The zero-order valence-electron chi connectivity index (χ0n) is 19.5. The SMILES string of the molecule is CCOC(=O)CCCCCOc1cc(C)ccc1N(C)C(=O)c1ccc([N+](=O)[O-])c(OC)c1. The van der Waals surface area contributed by atoms with E-state index in [0.717, 1.165) is 24.8 Å². The molecule has 0 saturated heterocycles. The lowest BCUT2D eigenvalue weighted by Crippen LogP contribution is -2.27. The Morgan fingerprint density at radius 1 is 1.06 bits per heavy atom. The minimum absolute atomic E-state index is 0.0162. The summed E-state index contributed by atoms with van der Waals surface area (Å²) in [5.74, 6) is 0.0290. The van der Waals surface area contributed by atoms with Crippen LogP contribution in [-0.2, 0) is 9.53 Å². The van der Waals surface area contributed by atoms with E-state index in [1.807, 2.05) is 19.1 Å². The normalized spacial score (nSPS) is 10.4. The van der Waals surface area contributed by atoms with Crippen LogP contribution in [0.4, 0.5) is 11.4 Å². The number of carbonyl (C=O) groups is 2. The van der Waals surface area contributed by atoms with Gasteiger partial charge in [0.15, 0.2) is 5.75 Å². The van der Waals surface area contributed by atoms with Crippen LogP contribution in [0, 0.1) is 17.0 Å². The summed E-state index contributed by atoms with van der Waals surface area (Å²) in [6.45, 7) is 4.54. The fourth-order valence-electron chi connectivity index (χ4n) is 3.24. The van der Waals surface area contributed by atoms with E-state index in [0.29, 0.717) is 31.1 Å². The predicted molar refractivity (Wildman–Crippen MR) is 124 cm³/mol. The standard InChI is InChI=1S/C24H30N2O7/c1-5-32-23(27)9-7-6-8-14-33-22-15-17(2)10-12-19(22)25(3)24(28)18-11-13-20(26(29)30)21(16-18)31-4/h10-13,15-16H,5-9,14H2,1-4H3. The number of unbranched alkanes of at least 4 members (excludes halogenated alkanes) is 2. The maximum Gasteiger partial charge on any atom is 0.310 e. The summed E-state index contributed by atoms with van der Waals surface area (Å²) in [5.41, 5.74) is 1.60. The summed E-state index contributed by atoms with van der Waals surface area (Å²) >= 11 is 0. The first-order valence-electron chi connectivity index (χ1n) is 10.8. The third-order valence-electron chi connectivity index (χ3n) is 4.99. The van der Waals surface area contributed by atoms with Crippen LogP contribution in [0.15, 0.2) is 36.4 Å². The highest BCUT2D eigenvalue weighted by Gasteiger charge is 2.22. The van der Waals surface area contributed by atoms with Crippen molar-refractivity contribution in [3.05, 3.63) is 57.6 Å². The minimum Gasteiger partial charge on any atom is -0.491 e. The number of nitrogens with zero attached hydrogens (tertiary/aromatic N) is 2. The number of ether oxygens (including phenoxy) is 3. The van der Waals surface area contributed by atoms with E-state index in [1.54, 1.807) is 20.0 Å². The monoisotopic (exact) mass is 458 g/mol. The van der Waals surface area contributed by atoms with Crippen LogP contribution in [0.25, 0.3) is 0 Å². The summed E-state index contributed by atoms with van der Waals surface area (Å²) in [5, 5.41) is 11.1. The summed E-state index contributed by atoms with van der Waals surface area (Å²) in [6.07, 6.45) is 2.68. The van der Waals surface area contributed by atoms with Gasteiger partial charge in [-0.3, -0.25) is 19.7 Å². The Kier molecular flexibility index (Phi) is 9.65. The van der Waals surface area contributed by atoms with Gasteiger partial charge in [-0.05, 0) is 56.9 Å². The Labute approximate surface area is 193 Å². The molecule has 0 aliphatic carbocycles. The molecule has 0 N–H and O–H groups in total. The third kappa shape index (κ3) is 7.20. The molecule has 33 heavy (non-hydrogen) atoms. The molecule has 0 spiro atoms. The molecule has 9 nitrogen and oxygen atoms in total. The Balaban J connectivity index is 2.07. The molecule has 178 valence electrons. The highest BCUT2D eigenvalue weighted by atomic mass is 16.6. The lowest BCUT2D eigenvalue weighted by molar-refractivity contribution is -0.385. The van der Waals surface area contributed by atoms with Gasteiger partial charge in [0, 0.05) is 31.2 Å². The Morgan fingerprint density at radius 2 is 1.82 bits per heavy atom.